The Hall–Kier alpha value is -1.27. The van der Waals surface area contributed by atoms with E-state index in [0.29, 0.717) is 17.8 Å². The molecule has 0 bridgehead atoms. The molecule has 1 fully saturated rings. The van der Waals surface area contributed by atoms with Crippen LogP contribution in [0.25, 0.3) is 0 Å². The molecule has 1 aliphatic heterocycles. The molecule has 1 aromatic rings. The number of hydrogen-bond acceptors (Lipinski definition) is 4. The van der Waals surface area contributed by atoms with E-state index < -0.39 is 10.0 Å². The summed E-state index contributed by atoms with van der Waals surface area (Å²) in [5.74, 6) is 0. The molecule has 21 heavy (non-hydrogen) atoms. The van der Waals surface area contributed by atoms with Crippen LogP contribution in [-0.4, -0.2) is 38.9 Å². The number of benzene rings is 1. The van der Waals surface area contributed by atoms with Gasteiger partial charge in [0, 0.05) is 26.2 Å². The Balaban J connectivity index is 2.53. The number of anilines is 2. The van der Waals surface area contributed by atoms with E-state index in [1.54, 1.807) is 12.1 Å². The first kappa shape index (κ1) is 16.1. The van der Waals surface area contributed by atoms with E-state index in [-0.39, 0.29) is 4.90 Å². The summed E-state index contributed by atoms with van der Waals surface area (Å²) in [5.41, 5.74) is 7.42. The van der Waals surface area contributed by atoms with Gasteiger partial charge < -0.3 is 10.6 Å². The second-order valence-corrected chi connectivity index (χ2v) is 7.99. The standard InChI is InChI=1S/C15H25N3O2S/c1-5-12-10-9-11(2)18(12)13-7-6-8-14(15(13)16)21(19,20)17(3)4/h6-8,11-12H,5,9-10,16H2,1-4H3. The van der Waals surface area contributed by atoms with Gasteiger partial charge in [-0.1, -0.05) is 13.0 Å². The monoisotopic (exact) mass is 311 g/mol. The molecule has 1 aliphatic rings. The molecule has 2 N–H and O–H groups in total. The molecule has 1 aromatic carbocycles. The number of nitrogens with zero attached hydrogens (tertiary/aromatic N) is 2. The van der Waals surface area contributed by atoms with Crippen molar-refractivity contribution in [2.24, 2.45) is 0 Å². The van der Waals surface area contributed by atoms with E-state index in [9.17, 15) is 8.42 Å². The third-order valence-electron chi connectivity index (χ3n) is 4.34. The third-order valence-corrected chi connectivity index (χ3v) is 6.21. The van der Waals surface area contributed by atoms with Crippen molar-refractivity contribution < 1.29 is 8.42 Å². The van der Waals surface area contributed by atoms with Gasteiger partial charge in [0.1, 0.15) is 4.90 Å². The number of rotatable bonds is 4. The Labute approximate surface area is 127 Å². The van der Waals surface area contributed by atoms with Gasteiger partial charge in [-0.15, -0.1) is 0 Å². The Morgan fingerprint density at radius 1 is 1.33 bits per heavy atom. The second-order valence-electron chi connectivity index (χ2n) is 5.87. The predicted molar refractivity (Wildman–Crippen MR) is 87.0 cm³/mol. The summed E-state index contributed by atoms with van der Waals surface area (Å²) in [5, 5.41) is 0. The molecule has 2 unspecified atom stereocenters. The summed E-state index contributed by atoms with van der Waals surface area (Å²) in [6.07, 6.45) is 3.28. The van der Waals surface area contributed by atoms with Crippen molar-refractivity contribution in [1.29, 1.82) is 0 Å². The number of nitrogen functional groups attached to an aromatic ring is 1. The zero-order valence-corrected chi connectivity index (χ0v) is 14.0. The Morgan fingerprint density at radius 2 is 2.00 bits per heavy atom. The fraction of sp³-hybridized carbons (Fsp3) is 0.600. The highest BCUT2D eigenvalue weighted by molar-refractivity contribution is 7.89. The lowest BCUT2D eigenvalue weighted by Gasteiger charge is -2.32. The fourth-order valence-electron chi connectivity index (χ4n) is 3.09. The van der Waals surface area contributed by atoms with Crippen molar-refractivity contribution in [3.8, 4) is 0 Å². The topological polar surface area (TPSA) is 66.6 Å². The van der Waals surface area contributed by atoms with Crippen LogP contribution in [0.2, 0.25) is 0 Å². The van der Waals surface area contributed by atoms with Crippen LogP contribution in [0.5, 0.6) is 0 Å². The van der Waals surface area contributed by atoms with E-state index in [4.69, 9.17) is 5.73 Å². The van der Waals surface area contributed by atoms with Gasteiger partial charge >= 0.3 is 0 Å². The summed E-state index contributed by atoms with van der Waals surface area (Å²) >= 11 is 0. The van der Waals surface area contributed by atoms with Crippen molar-refractivity contribution in [3.63, 3.8) is 0 Å². The molecule has 2 rings (SSSR count). The molecule has 0 aliphatic carbocycles. The molecular weight excluding hydrogens is 286 g/mol. The molecule has 0 amide bonds. The normalized spacial score (nSPS) is 23.0. The van der Waals surface area contributed by atoms with Crippen LogP contribution in [0.4, 0.5) is 11.4 Å². The van der Waals surface area contributed by atoms with E-state index in [2.05, 4.69) is 18.7 Å². The first-order valence-electron chi connectivity index (χ1n) is 7.40. The summed E-state index contributed by atoms with van der Waals surface area (Å²) in [4.78, 5) is 2.48. The molecule has 2 atom stereocenters. The average molecular weight is 311 g/mol. The maximum atomic E-state index is 12.4. The summed E-state index contributed by atoms with van der Waals surface area (Å²) in [6, 6.07) is 6.10. The first-order valence-corrected chi connectivity index (χ1v) is 8.84. The zero-order chi connectivity index (χ0) is 15.8. The summed E-state index contributed by atoms with van der Waals surface area (Å²) in [6.45, 7) is 4.33. The molecule has 0 radical (unpaired) electrons. The Bertz CT molecular complexity index is 613. The number of nitrogens with two attached hydrogens (primary N) is 1. The van der Waals surface area contributed by atoms with Crippen LogP contribution in [0.3, 0.4) is 0 Å². The summed E-state index contributed by atoms with van der Waals surface area (Å²) < 4.78 is 26.0. The lowest BCUT2D eigenvalue weighted by molar-refractivity contribution is 0.521. The van der Waals surface area contributed by atoms with Crippen LogP contribution in [0, 0.1) is 0 Å². The molecule has 1 heterocycles. The van der Waals surface area contributed by atoms with Crippen LogP contribution >= 0.6 is 0 Å². The minimum absolute atomic E-state index is 0.193. The SMILES string of the molecule is CCC1CCC(C)N1c1cccc(S(=O)(=O)N(C)C)c1N. The molecular formula is C15H25N3O2S. The number of sulfonamides is 1. The van der Waals surface area contributed by atoms with E-state index in [0.717, 1.165) is 24.9 Å². The van der Waals surface area contributed by atoms with Crippen molar-refractivity contribution in [3.05, 3.63) is 18.2 Å². The second kappa shape index (κ2) is 5.85. The van der Waals surface area contributed by atoms with Gasteiger partial charge in [-0.2, -0.15) is 0 Å². The van der Waals surface area contributed by atoms with Gasteiger partial charge in [-0.05, 0) is 38.3 Å². The minimum Gasteiger partial charge on any atom is -0.396 e. The summed E-state index contributed by atoms with van der Waals surface area (Å²) in [7, 11) is -0.474. The zero-order valence-electron chi connectivity index (χ0n) is 13.2. The van der Waals surface area contributed by atoms with Crippen LogP contribution in [-0.2, 0) is 10.0 Å². The van der Waals surface area contributed by atoms with Crippen LogP contribution in [0.1, 0.15) is 33.1 Å². The molecule has 118 valence electrons. The maximum Gasteiger partial charge on any atom is 0.244 e. The molecule has 1 saturated heterocycles. The fourth-order valence-corrected chi connectivity index (χ4v) is 4.11. The number of para-hydroxylation sites is 1. The lowest BCUT2D eigenvalue weighted by atomic mass is 10.1. The van der Waals surface area contributed by atoms with E-state index in [1.807, 2.05) is 6.07 Å². The number of hydrogen-bond donors (Lipinski definition) is 1. The molecule has 6 heteroatoms. The van der Waals surface area contributed by atoms with Gasteiger partial charge in [0.05, 0.1) is 11.4 Å². The smallest absolute Gasteiger partial charge is 0.244 e. The van der Waals surface area contributed by atoms with Crippen molar-refractivity contribution in [2.75, 3.05) is 24.7 Å². The Morgan fingerprint density at radius 3 is 2.57 bits per heavy atom. The van der Waals surface area contributed by atoms with Gasteiger partial charge in [-0.25, -0.2) is 12.7 Å². The van der Waals surface area contributed by atoms with Gasteiger partial charge in [0.2, 0.25) is 10.0 Å². The highest BCUT2D eigenvalue weighted by Crippen LogP contribution is 2.38. The Kier molecular flexibility index (Phi) is 4.49. The molecule has 0 spiro atoms. The maximum absolute atomic E-state index is 12.4. The highest BCUT2D eigenvalue weighted by Gasteiger charge is 2.32. The molecule has 0 saturated carbocycles. The van der Waals surface area contributed by atoms with Crippen molar-refractivity contribution in [2.45, 2.75) is 50.1 Å². The first-order chi connectivity index (χ1) is 9.80. The predicted octanol–water partition coefficient (Wildman–Crippen LogP) is 2.29. The van der Waals surface area contributed by atoms with Crippen molar-refractivity contribution >= 4 is 21.4 Å². The van der Waals surface area contributed by atoms with Crippen LogP contribution < -0.4 is 10.6 Å². The molecule has 0 aromatic heterocycles. The van der Waals surface area contributed by atoms with Crippen molar-refractivity contribution in [1.82, 2.24) is 4.31 Å². The van der Waals surface area contributed by atoms with E-state index in [1.165, 1.54) is 18.4 Å². The van der Waals surface area contributed by atoms with Crippen LogP contribution in [0.15, 0.2) is 23.1 Å². The lowest BCUT2D eigenvalue weighted by Crippen LogP contribution is -2.35. The third kappa shape index (κ3) is 2.74. The largest absolute Gasteiger partial charge is 0.396 e. The average Bonchev–Trinajstić information content (AvgIpc) is 2.79. The quantitative estimate of drug-likeness (QED) is 0.866. The minimum atomic E-state index is -3.52. The van der Waals surface area contributed by atoms with Gasteiger partial charge in [0.25, 0.3) is 0 Å². The molecule has 5 nitrogen and oxygen atoms in total. The van der Waals surface area contributed by atoms with Gasteiger partial charge in [-0.3, -0.25) is 0 Å². The highest BCUT2D eigenvalue weighted by atomic mass is 32.2. The van der Waals surface area contributed by atoms with E-state index >= 15 is 0 Å². The van der Waals surface area contributed by atoms with Gasteiger partial charge in [0.15, 0.2) is 0 Å².